The topological polar surface area (TPSA) is 66.4 Å². The number of aromatic nitrogens is 2. The van der Waals surface area contributed by atoms with E-state index in [1.807, 2.05) is 54.3 Å². The monoisotopic (exact) mass is 416 g/mol. The van der Waals surface area contributed by atoms with Crippen LogP contribution in [0.5, 0.6) is 0 Å². The molecule has 0 N–H and O–H groups in total. The number of carbonyl (C=O) groups excluding carboxylic acids is 2. The maximum absolute atomic E-state index is 12.9. The fourth-order valence-corrected chi connectivity index (χ4v) is 3.87. The molecule has 6 nitrogen and oxygen atoms in total. The highest BCUT2D eigenvalue weighted by molar-refractivity contribution is 6.08. The molecule has 3 aromatic rings. The number of benzene rings is 1. The van der Waals surface area contributed by atoms with Crippen LogP contribution >= 0.6 is 0 Å². The Balaban J connectivity index is 0.00000289. The van der Waals surface area contributed by atoms with Crippen molar-refractivity contribution in [2.24, 2.45) is 0 Å². The van der Waals surface area contributed by atoms with Gasteiger partial charge in [-0.2, -0.15) is 0 Å². The summed E-state index contributed by atoms with van der Waals surface area (Å²) in [6, 6.07) is 18.9. The minimum atomic E-state index is -0.123. The van der Waals surface area contributed by atoms with Gasteiger partial charge in [0.05, 0.1) is 6.42 Å². The fourth-order valence-electron chi connectivity index (χ4n) is 3.87. The third kappa shape index (κ3) is 4.97. The summed E-state index contributed by atoms with van der Waals surface area (Å²) in [6.45, 7) is 4.69. The molecule has 4 rings (SSSR count). The smallest absolute Gasteiger partial charge is 0.227 e. The van der Waals surface area contributed by atoms with E-state index in [1.54, 1.807) is 24.4 Å². The lowest BCUT2D eigenvalue weighted by Crippen LogP contribution is -2.36. The number of carbonyl (C=O) groups is 2. The number of rotatable bonds is 5. The van der Waals surface area contributed by atoms with Gasteiger partial charge < -0.3 is 9.80 Å². The lowest BCUT2D eigenvalue weighted by Gasteiger charge is -2.23. The van der Waals surface area contributed by atoms with E-state index in [0.29, 0.717) is 36.5 Å². The summed E-state index contributed by atoms with van der Waals surface area (Å²) in [5.74, 6) is 0.795. The number of hydrogen-bond acceptors (Lipinski definition) is 5. The first kappa shape index (κ1) is 20.7. The summed E-state index contributed by atoms with van der Waals surface area (Å²) in [7, 11) is 0. The number of amides is 1. The molecule has 0 unspecified atom stereocenters. The first-order valence-corrected chi connectivity index (χ1v) is 10.6. The third-order valence-electron chi connectivity index (χ3n) is 5.59. The predicted octanol–water partition coefficient (Wildman–Crippen LogP) is 3.54. The first-order valence-electron chi connectivity index (χ1n) is 10.6. The van der Waals surface area contributed by atoms with Crippen LogP contribution in [-0.4, -0.2) is 52.7 Å². The van der Waals surface area contributed by atoms with E-state index < -0.39 is 0 Å². The summed E-state index contributed by atoms with van der Waals surface area (Å²) >= 11 is 0. The van der Waals surface area contributed by atoms with E-state index >= 15 is 0 Å². The third-order valence-corrected chi connectivity index (χ3v) is 5.59. The molecule has 0 aliphatic carbocycles. The van der Waals surface area contributed by atoms with Crippen LogP contribution in [0.15, 0.2) is 66.9 Å². The van der Waals surface area contributed by atoms with E-state index in [4.69, 9.17) is 0 Å². The number of aryl methyl sites for hydroxylation is 1. The minimum absolute atomic E-state index is 0. The van der Waals surface area contributed by atoms with Crippen LogP contribution in [0, 0.1) is 6.92 Å². The summed E-state index contributed by atoms with van der Waals surface area (Å²) in [4.78, 5) is 38.6. The lowest BCUT2D eigenvalue weighted by molar-refractivity contribution is -0.130. The first-order chi connectivity index (χ1) is 15.1. The van der Waals surface area contributed by atoms with Crippen molar-refractivity contribution in [2.45, 2.75) is 19.8 Å². The van der Waals surface area contributed by atoms with Gasteiger partial charge in [0.15, 0.2) is 0 Å². The standard InChI is InChI=1S/C25H26N4O2.H2/c1-19-21(10-6-13-26-19)25(31)22-11-5-12-23(27-22)28-14-7-15-29(17-16-28)24(30)18-20-8-3-2-4-9-20;/h2-6,8-13H,7,14-18H2,1H3;1H. The molecule has 3 heterocycles. The van der Waals surface area contributed by atoms with Gasteiger partial charge in [0.2, 0.25) is 11.7 Å². The lowest BCUT2D eigenvalue weighted by atomic mass is 10.1. The molecule has 0 bridgehead atoms. The Morgan fingerprint density at radius 1 is 0.935 bits per heavy atom. The van der Waals surface area contributed by atoms with E-state index in [1.165, 1.54) is 0 Å². The molecule has 1 aliphatic rings. The zero-order valence-corrected chi connectivity index (χ0v) is 17.7. The zero-order valence-electron chi connectivity index (χ0n) is 17.7. The predicted molar refractivity (Wildman–Crippen MR) is 122 cm³/mol. The van der Waals surface area contributed by atoms with Crippen LogP contribution in [0.25, 0.3) is 0 Å². The highest BCUT2D eigenvalue weighted by Crippen LogP contribution is 2.18. The Bertz CT molecular complexity index is 1070. The van der Waals surface area contributed by atoms with Crippen molar-refractivity contribution in [3.05, 3.63) is 89.4 Å². The second-order valence-electron chi connectivity index (χ2n) is 7.73. The molecule has 6 heteroatoms. The number of anilines is 1. The summed E-state index contributed by atoms with van der Waals surface area (Å²) < 4.78 is 0. The Kier molecular flexibility index (Phi) is 6.36. The van der Waals surface area contributed by atoms with Crippen molar-refractivity contribution in [1.29, 1.82) is 0 Å². The van der Waals surface area contributed by atoms with Gasteiger partial charge in [-0.15, -0.1) is 0 Å². The normalized spacial score (nSPS) is 14.2. The van der Waals surface area contributed by atoms with Crippen LogP contribution < -0.4 is 4.90 Å². The Hall–Kier alpha value is -3.54. The number of hydrogen-bond donors (Lipinski definition) is 0. The molecular weight excluding hydrogens is 388 g/mol. The molecule has 0 spiro atoms. The van der Waals surface area contributed by atoms with Gasteiger partial charge in [-0.05, 0) is 43.2 Å². The molecule has 2 aromatic heterocycles. The summed E-state index contributed by atoms with van der Waals surface area (Å²) in [5.41, 5.74) is 2.71. The van der Waals surface area contributed by atoms with Crippen molar-refractivity contribution in [2.75, 3.05) is 31.1 Å². The average Bonchev–Trinajstić information content (AvgIpc) is 3.06. The van der Waals surface area contributed by atoms with Gasteiger partial charge in [0, 0.05) is 45.1 Å². The van der Waals surface area contributed by atoms with Crippen molar-refractivity contribution >= 4 is 17.5 Å². The molecule has 0 radical (unpaired) electrons. The molecular formula is C25H28N4O2. The Labute approximate surface area is 184 Å². The molecule has 1 fully saturated rings. The SMILES string of the molecule is Cc1ncccc1C(=O)c1cccc(N2CCCN(C(=O)Cc3ccccc3)CC2)n1.[HH]. The molecule has 31 heavy (non-hydrogen) atoms. The minimum Gasteiger partial charge on any atom is -0.355 e. The molecule has 1 saturated heterocycles. The van der Waals surface area contributed by atoms with E-state index in [9.17, 15) is 9.59 Å². The molecule has 0 saturated carbocycles. The van der Waals surface area contributed by atoms with Gasteiger partial charge in [-0.1, -0.05) is 36.4 Å². The second-order valence-corrected chi connectivity index (χ2v) is 7.73. The van der Waals surface area contributed by atoms with Gasteiger partial charge in [-0.25, -0.2) is 4.98 Å². The second kappa shape index (κ2) is 9.51. The van der Waals surface area contributed by atoms with Gasteiger partial charge in [0.25, 0.3) is 0 Å². The summed E-state index contributed by atoms with van der Waals surface area (Å²) in [6.07, 6.45) is 2.97. The van der Waals surface area contributed by atoms with E-state index in [2.05, 4.69) is 14.9 Å². The number of ketones is 1. The van der Waals surface area contributed by atoms with Crippen molar-refractivity contribution in [1.82, 2.24) is 14.9 Å². The fraction of sp³-hybridized carbons (Fsp3) is 0.280. The molecule has 1 aliphatic heterocycles. The highest BCUT2D eigenvalue weighted by atomic mass is 16.2. The quantitative estimate of drug-likeness (QED) is 0.595. The largest absolute Gasteiger partial charge is 0.355 e. The number of pyridine rings is 2. The van der Waals surface area contributed by atoms with Crippen LogP contribution in [0.3, 0.4) is 0 Å². The van der Waals surface area contributed by atoms with Crippen molar-refractivity contribution in [3.8, 4) is 0 Å². The van der Waals surface area contributed by atoms with Gasteiger partial charge >= 0.3 is 0 Å². The Morgan fingerprint density at radius 2 is 1.77 bits per heavy atom. The molecule has 0 atom stereocenters. The van der Waals surface area contributed by atoms with Crippen LogP contribution in [0.4, 0.5) is 5.82 Å². The maximum atomic E-state index is 12.9. The van der Waals surface area contributed by atoms with Crippen molar-refractivity contribution in [3.63, 3.8) is 0 Å². The van der Waals surface area contributed by atoms with E-state index in [-0.39, 0.29) is 13.1 Å². The molecule has 160 valence electrons. The van der Waals surface area contributed by atoms with Gasteiger partial charge in [0.1, 0.15) is 11.5 Å². The molecule has 1 amide bonds. The van der Waals surface area contributed by atoms with Crippen molar-refractivity contribution < 1.29 is 11.0 Å². The number of nitrogens with zero attached hydrogens (tertiary/aromatic N) is 4. The van der Waals surface area contributed by atoms with E-state index in [0.717, 1.165) is 30.9 Å². The maximum Gasteiger partial charge on any atom is 0.227 e. The average molecular weight is 417 g/mol. The highest BCUT2D eigenvalue weighted by Gasteiger charge is 2.21. The summed E-state index contributed by atoms with van der Waals surface area (Å²) in [5, 5.41) is 0. The van der Waals surface area contributed by atoms with Crippen LogP contribution in [0.2, 0.25) is 0 Å². The van der Waals surface area contributed by atoms with Gasteiger partial charge in [-0.3, -0.25) is 14.6 Å². The molecule has 1 aromatic carbocycles. The zero-order chi connectivity index (χ0) is 21.6. The Morgan fingerprint density at radius 3 is 2.58 bits per heavy atom. The van der Waals surface area contributed by atoms with Crippen LogP contribution in [0.1, 0.15) is 35.2 Å². The van der Waals surface area contributed by atoms with Crippen LogP contribution in [-0.2, 0) is 11.2 Å².